The van der Waals surface area contributed by atoms with E-state index in [9.17, 15) is 10.2 Å². The lowest BCUT2D eigenvalue weighted by Gasteiger charge is -2.41. The fourth-order valence-electron chi connectivity index (χ4n) is 3.17. The number of hydrogen-bond acceptors (Lipinski definition) is 4. The van der Waals surface area contributed by atoms with Crippen molar-refractivity contribution < 1.29 is 10.2 Å². The number of benzene rings is 1. The maximum atomic E-state index is 9.88. The molecule has 0 saturated heterocycles. The first-order valence-corrected chi connectivity index (χ1v) is 8.52. The first kappa shape index (κ1) is 14.8. The van der Waals surface area contributed by atoms with Crippen LogP contribution in [0.5, 0.6) is 0 Å². The smallest absolute Gasteiger partial charge is 0.137 e. The van der Waals surface area contributed by atoms with E-state index in [2.05, 4.69) is 11.1 Å². The van der Waals surface area contributed by atoms with Crippen LogP contribution in [0.15, 0.2) is 24.3 Å². The van der Waals surface area contributed by atoms with Crippen molar-refractivity contribution in [2.24, 2.45) is 0 Å². The fraction of sp³-hybridized carbons (Fsp3) is 0.400. The van der Waals surface area contributed by atoms with Crippen LogP contribution in [0.25, 0.3) is 10.9 Å². The van der Waals surface area contributed by atoms with Crippen LogP contribution in [0, 0.1) is 0 Å². The van der Waals surface area contributed by atoms with Gasteiger partial charge in [-0.2, -0.15) is 0 Å². The lowest BCUT2D eigenvalue weighted by atomic mass is 9.93. The van der Waals surface area contributed by atoms with E-state index in [0.29, 0.717) is 4.32 Å². The van der Waals surface area contributed by atoms with Crippen molar-refractivity contribution >= 4 is 39.2 Å². The number of thioether (sulfide) groups is 1. The Hall–Kier alpha value is -1.08. The van der Waals surface area contributed by atoms with Crippen molar-refractivity contribution in [3.8, 4) is 0 Å². The zero-order chi connectivity index (χ0) is 15.0. The molecule has 0 spiro atoms. The molecule has 0 bridgehead atoms. The highest BCUT2D eigenvalue weighted by molar-refractivity contribution is 8.22. The number of thiocarbonyl (C=S) groups is 1. The third kappa shape index (κ3) is 2.36. The van der Waals surface area contributed by atoms with Gasteiger partial charge >= 0.3 is 0 Å². The number of H-pyrrole nitrogens is 1. The molecule has 3 N–H and O–H groups in total. The number of para-hydroxylation sites is 1. The fourth-order valence-corrected chi connectivity index (χ4v) is 3.93. The van der Waals surface area contributed by atoms with Crippen LogP contribution < -0.4 is 0 Å². The number of aromatic amines is 1. The summed E-state index contributed by atoms with van der Waals surface area (Å²) in [6.45, 7) is -0.00678. The highest BCUT2D eigenvalue weighted by Gasteiger charge is 2.37. The summed E-state index contributed by atoms with van der Waals surface area (Å²) in [5, 5.41) is 20.8. The van der Waals surface area contributed by atoms with Crippen molar-refractivity contribution in [3.63, 3.8) is 0 Å². The van der Waals surface area contributed by atoms with Gasteiger partial charge in [0, 0.05) is 16.6 Å². The molecule has 21 heavy (non-hydrogen) atoms. The Morgan fingerprint density at radius 3 is 2.81 bits per heavy atom. The Bertz CT molecular complexity index is 671. The lowest BCUT2D eigenvalue weighted by Crippen LogP contribution is -2.48. The Kier molecular flexibility index (Phi) is 4.21. The van der Waals surface area contributed by atoms with Crippen molar-refractivity contribution in [1.29, 1.82) is 0 Å². The van der Waals surface area contributed by atoms with Crippen LogP contribution in [-0.4, -0.2) is 49.9 Å². The van der Waals surface area contributed by atoms with Gasteiger partial charge in [-0.1, -0.05) is 30.4 Å². The second-order valence-corrected chi connectivity index (χ2v) is 6.62. The average Bonchev–Trinajstić information content (AvgIpc) is 2.90. The summed E-state index contributed by atoms with van der Waals surface area (Å²) in [7, 11) is 0. The quantitative estimate of drug-likeness (QED) is 0.739. The molecule has 2 aromatic rings. The highest BCUT2D eigenvalue weighted by Crippen LogP contribution is 2.38. The van der Waals surface area contributed by atoms with Gasteiger partial charge in [0.25, 0.3) is 0 Å². The molecule has 1 aromatic heterocycles. The number of fused-ring (bicyclic) bond motifs is 3. The number of nitrogens with zero attached hydrogens (tertiary/aromatic N) is 1. The molecule has 1 aliphatic heterocycles. The lowest BCUT2D eigenvalue weighted by molar-refractivity contribution is 0.101. The molecule has 6 heteroatoms. The van der Waals surface area contributed by atoms with E-state index < -0.39 is 0 Å². The molecule has 2 atom stereocenters. The first-order chi connectivity index (χ1) is 10.2. The van der Waals surface area contributed by atoms with Crippen molar-refractivity contribution in [2.45, 2.75) is 18.5 Å². The molecular formula is C15H18N2O2S2. The standard InChI is InChI=1S/C15H18N2O2S2/c1-21-15(20)17-9(7-18)6-11-10-4-2-3-5-12(10)16-14(11)13(17)8-19/h2-5,9,13,16,18-19H,6-8H2,1H3/t9-,13-/m0/s1. The van der Waals surface area contributed by atoms with Crippen molar-refractivity contribution in [2.75, 3.05) is 19.5 Å². The summed E-state index contributed by atoms with van der Waals surface area (Å²) < 4.78 is 0.706. The predicted molar refractivity (Wildman–Crippen MR) is 90.7 cm³/mol. The minimum atomic E-state index is -0.224. The summed E-state index contributed by atoms with van der Waals surface area (Å²) in [6, 6.07) is 7.80. The zero-order valence-electron chi connectivity index (χ0n) is 11.7. The van der Waals surface area contributed by atoms with Gasteiger partial charge in [0.05, 0.1) is 25.3 Å². The third-order valence-corrected chi connectivity index (χ3v) is 5.39. The Morgan fingerprint density at radius 1 is 1.38 bits per heavy atom. The summed E-state index contributed by atoms with van der Waals surface area (Å²) in [4.78, 5) is 5.39. The minimum absolute atomic E-state index is 0.0240. The molecule has 0 fully saturated rings. The number of rotatable bonds is 2. The number of hydrogen-bond donors (Lipinski definition) is 3. The molecule has 2 heterocycles. The van der Waals surface area contributed by atoms with Gasteiger partial charge in [-0.15, -0.1) is 11.8 Å². The number of aliphatic hydroxyl groups excluding tert-OH is 2. The van der Waals surface area contributed by atoms with Crippen LogP contribution >= 0.6 is 24.0 Å². The van der Waals surface area contributed by atoms with Crippen LogP contribution in [0.2, 0.25) is 0 Å². The Balaban J connectivity index is 2.15. The van der Waals surface area contributed by atoms with Gasteiger partial charge < -0.3 is 20.1 Å². The zero-order valence-corrected chi connectivity index (χ0v) is 13.4. The van der Waals surface area contributed by atoms with Crippen LogP contribution in [0.1, 0.15) is 17.3 Å². The SMILES string of the molecule is CSC(=S)N1[C@H](CO)Cc2c([nH]c3ccccc23)[C@@H]1CO. The number of aliphatic hydroxyl groups is 2. The predicted octanol–water partition coefficient (Wildman–Crippen LogP) is 2.07. The molecule has 0 radical (unpaired) electrons. The molecular weight excluding hydrogens is 304 g/mol. The van der Waals surface area contributed by atoms with Crippen LogP contribution in [0.4, 0.5) is 0 Å². The molecule has 0 amide bonds. The summed E-state index contributed by atoms with van der Waals surface area (Å²) >= 11 is 6.90. The largest absolute Gasteiger partial charge is 0.394 e. The maximum Gasteiger partial charge on any atom is 0.137 e. The third-order valence-electron chi connectivity index (χ3n) is 4.12. The summed E-state index contributed by atoms with van der Waals surface area (Å²) in [6.07, 6.45) is 2.65. The highest BCUT2D eigenvalue weighted by atomic mass is 32.2. The molecule has 1 aromatic carbocycles. The number of aromatic nitrogens is 1. The van der Waals surface area contributed by atoms with E-state index in [4.69, 9.17) is 12.2 Å². The number of nitrogens with one attached hydrogen (secondary N) is 1. The van der Waals surface area contributed by atoms with Gasteiger partial charge in [-0.3, -0.25) is 0 Å². The van der Waals surface area contributed by atoms with Gasteiger partial charge in [-0.05, 0) is 24.3 Å². The average molecular weight is 322 g/mol. The molecule has 4 nitrogen and oxygen atoms in total. The topological polar surface area (TPSA) is 59.5 Å². The Morgan fingerprint density at radius 2 is 2.14 bits per heavy atom. The van der Waals surface area contributed by atoms with Crippen molar-refractivity contribution in [1.82, 2.24) is 9.88 Å². The summed E-state index contributed by atoms with van der Waals surface area (Å²) in [5.41, 5.74) is 3.26. The van der Waals surface area contributed by atoms with E-state index in [1.807, 2.05) is 29.4 Å². The summed E-state index contributed by atoms with van der Waals surface area (Å²) in [5.74, 6) is 0. The maximum absolute atomic E-state index is 9.88. The monoisotopic (exact) mass is 322 g/mol. The van der Waals surface area contributed by atoms with Crippen LogP contribution in [0.3, 0.4) is 0 Å². The normalized spacial score (nSPS) is 21.6. The van der Waals surface area contributed by atoms with Gasteiger partial charge in [0.1, 0.15) is 4.32 Å². The molecule has 0 aliphatic carbocycles. The van der Waals surface area contributed by atoms with Gasteiger partial charge in [0.15, 0.2) is 0 Å². The Labute approximate surface area is 133 Å². The van der Waals surface area contributed by atoms with E-state index in [1.165, 1.54) is 22.7 Å². The molecule has 0 saturated carbocycles. The second kappa shape index (κ2) is 5.96. The van der Waals surface area contributed by atoms with E-state index in [-0.39, 0.29) is 25.3 Å². The van der Waals surface area contributed by atoms with Gasteiger partial charge in [0.2, 0.25) is 0 Å². The van der Waals surface area contributed by atoms with E-state index in [0.717, 1.165) is 17.6 Å². The first-order valence-electron chi connectivity index (χ1n) is 6.88. The van der Waals surface area contributed by atoms with Crippen LogP contribution in [-0.2, 0) is 6.42 Å². The van der Waals surface area contributed by atoms with E-state index in [1.54, 1.807) is 0 Å². The van der Waals surface area contributed by atoms with E-state index >= 15 is 0 Å². The van der Waals surface area contributed by atoms with Gasteiger partial charge in [-0.25, -0.2) is 0 Å². The minimum Gasteiger partial charge on any atom is -0.394 e. The molecule has 3 rings (SSSR count). The molecule has 112 valence electrons. The molecule has 1 aliphatic rings. The molecule has 0 unspecified atom stereocenters. The van der Waals surface area contributed by atoms with Crippen molar-refractivity contribution in [3.05, 3.63) is 35.5 Å². The second-order valence-electron chi connectivity index (χ2n) is 5.18.